The Kier molecular flexibility index (Phi) is 4.84. The predicted octanol–water partition coefficient (Wildman–Crippen LogP) is 4.16. The summed E-state index contributed by atoms with van der Waals surface area (Å²) >= 11 is 6.37. The highest BCUT2D eigenvalue weighted by atomic mass is 35.5. The molecule has 0 saturated carbocycles. The van der Waals surface area contributed by atoms with Crippen molar-refractivity contribution in [2.45, 2.75) is 47.1 Å². The first-order valence-electron chi connectivity index (χ1n) is 7.32. The van der Waals surface area contributed by atoms with Crippen molar-refractivity contribution in [1.29, 1.82) is 0 Å². The highest BCUT2D eigenvalue weighted by Crippen LogP contribution is 2.24. The molecule has 1 heterocycles. The van der Waals surface area contributed by atoms with Crippen molar-refractivity contribution in [2.24, 2.45) is 0 Å². The average Bonchev–Trinajstić information content (AvgIpc) is 2.75. The van der Waals surface area contributed by atoms with Gasteiger partial charge < -0.3 is 0 Å². The number of aryl methyl sites for hydroxylation is 4. The topological polar surface area (TPSA) is 34.9 Å². The second kappa shape index (κ2) is 6.44. The lowest BCUT2D eigenvalue weighted by molar-refractivity contribution is 0.0990. The van der Waals surface area contributed by atoms with Crippen LogP contribution in [0.1, 0.15) is 46.7 Å². The monoisotopic (exact) mass is 304 g/mol. The summed E-state index contributed by atoms with van der Waals surface area (Å²) in [5, 5.41) is 5.10. The van der Waals surface area contributed by atoms with Gasteiger partial charge in [0.1, 0.15) is 0 Å². The molecule has 0 N–H and O–H groups in total. The summed E-state index contributed by atoms with van der Waals surface area (Å²) in [7, 11) is 0. The van der Waals surface area contributed by atoms with E-state index in [4.69, 9.17) is 11.6 Å². The Bertz CT molecular complexity index is 674. The Labute approximate surface area is 130 Å². The highest BCUT2D eigenvalue weighted by Gasteiger charge is 2.19. The van der Waals surface area contributed by atoms with Crippen molar-refractivity contribution in [3.63, 3.8) is 0 Å². The van der Waals surface area contributed by atoms with Gasteiger partial charge in [-0.15, -0.1) is 0 Å². The highest BCUT2D eigenvalue weighted by molar-refractivity contribution is 6.32. The number of halogens is 1. The fourth-order valence-electron chi connectivity index (χ4n) is 2.56. The van der Waals surface area contributed by atoms with Gasteiger partial charge in [0, 0.05) is 12.1 Å². The van der Waals surface area contributed by atoms with E-state index in [0.29, 0.717) is 11.4 Å². The molecule has 4 heteroatoms. The molecule has 3 nitrogen and oxygen atoms in total. The summed E-state index contributed by atoms with van der Waals surface area (Å²) in [5.41, 5.74) is 4.62. The Morgan fingerprint density at radius 2 is 2.00 bits per heavy atom. The minimum Gasteiger partial charge on any atom is -0.294 e. The van der Waals surface area contributed by atoms with Crippen molar-refractivity contribution in [2.75, 3.05) is 0 Å². The number of ketones is 1. The predicted molar refractivity (Wildman–Crippen MR) is 86.2 cm³/mol. The number of carbonyl (C=O) groups excluding carboxylic acids is 1. The van der Waals surface area contributed by atoms with Crippen molar-refractivity contribution in [3.8, 4) is 0 Å². The van der Waals surface area contributed by atoms with E-state index in [9.17, 15) is 4.79 Å². The van der Waals surface area contributed by atoms with Crippen LogP contribution in [0, 0.1) is 13.8 Å². The quantitative estimate of drug-likeness (QED) is 0.777. The van der Waals surface area contributed by atoms with Crippen LogP contribution in [-0.4, -0.2) is 15.6 Å². The molecule has 21 heavy (non-hydrogen) atoms. The Hall–Kier alpha value is -1.61. The molecule has 0 saturated heterocycles. The Morgan fingerprint density at radius 3 is 2.57 bits per heavy atom. The van der Waals surface area contributed by atoms with Crippen LogP contribution in [0.5, 0.6) is 0 Å². The van der Waals surface area contributed by atoms with Gasteiger partial charge in [-0.2, -0.15) is 5.10 Å². The lowest BCUT2D eigenvalue weighted by atomic mass is 9.99. The van der Waals surface area contributed by atoms with E-state index < -0.39 is 0 Å². The van der Waals surface area contributed by atoms with Crippen LogP contribution in [0.2, 0.25) is 5.02 Å². The molecule has 0 radical (unpaired) electrons. The first-order valence-corrected chi connectivity index (χ1v) is 7.70. The van der Waals surface area contributed by atoms with E-state index in [2.05, 4.69) is 5.10 Å². The molecule has 0 bridgehead atoms. The molecule has 2 rings (SSSR count). The zero-order valence-electron chi connectivity index (χ0n) is 13.0. The number of hydrogen-bond donors (Lipinski definition) is 0. The van der Waals surface area contributed by atoms with Gasteiger partial charge in [0.05, 0.1) is 22.8 Å². The third-order valence-corrected chi connectivity index (χ3v) is 4.14. The first kappa shape index (κ1) is 15.8. The maximum absolute atomic E-state index is 12.6. The van der Waals surface area contributed by atoms with Crippen LogP contribution >= 0.6 is 11.6 Å². The molecule has 1 aromatic heterocycles. The van der Waals surface area contributed by atoms with Crippen LogP contribution in [0.3, 0.4) is 0 Å². The molecule has 1 aromatic carbocycles. The van der Waals surface area contributed by atoms with Crippen LogP contribution in [0.4, 0.5) is 0 Å². The van der Waals surface area contributed by atoms with E-state index in [0.717, 1.165) is 41.0 Å². The number of carbonyl (C=O) groups is 1. The fraction of sp³-hybridized carbons (Fsp3) is 0.412. The van der Waals surface area contributed by atoms with Crippen molar-refractivity contribution in [1.82, 2.24) is 9.78 Å². The van der Waals surface area contributed by atoms with Crippen molar-refractivity contribution < 1.29 is 4.79 Å². The third kappa shape index (κ3) is 3.18. The molecular formula is C17H21ClN2O. The van der Waals surface area contributed by atoms with E-state index >= 15 is 0 Å². The zero-order chi connectivity index (χ0) is 15.6. The number of rotatable bonds is 5. The van der Waals surface area contributed by atoms with E-state index in [1.54, 1.807) is 0 Å². The zero-order valence-corrected chi connectivity index (χ0v) is 13.8. The lowest BCUT2D eigenvalue weighted by Crippen LogP contribution is -2.11. The summed E-state index contributed by atoms with van der Waals surface area (Å²) in [5.74, 6) is 0.0895. The minimum atomic E-state index is 0.0895. The van der Waals surface area contributed by atoms with Gasteiger partial charge in [-0.05, 0) is 32.8 Å². The molecule has 0 atom stereocenters. The maximum Gasteiger partial charge on any atom is 0.169 e. The summed E-state index contributed by atoms with van der Waals surface area (Å²) < 4.78 is 1.84. The van der Waals surface area contributed by atoms with Crippen LogP contribution in [-0.2, 0) is 19.4 Å². The first-order chi connectivity index (χ1) is 9.97. The molecular weight excluding hydrogens is 284 g/mol. The van der Waals surface area contributed by atoms with Gasteiger partial charge in [-0.3, -0.25) is 9.48 Å². The third-order valence-electron chi connectivity index (χ3n) is 3.70. The maximum atomic E-state index is 12.6. The average molecular weight is 305 g/mol. The molecule has 112 valence electrons. The minimum absolute atomic E-state index is 0.0895. The van der Waals surface area contributed by atoms with Gasteiger partial charge in [0.15, 0.2) is 5.78 Å². The molecule has 0 aliphatic rings. The van der Waals surface area contributed by atoms with Gasteiger partial charge >= 0.3 is 0 Å². The lowest BCUT2D eigenvalue weighted by Gasteiger charge is -2.08. The number of benzene rings is 1. The van der Waals surface area contributed by atoms with Gasteiger partial charge in [0.25, 0.3) is 0 Å². The van der Waals surface area contributed by atoms with Crippen LogP contribution in [0.25, 0.3) is 0 Å². The summed E-state index contributed by atoms with van der Waals surface area (Å²) in [4.78, 5) is 12.6. The standard InChI is InChI=1S/C17H21ClN2O/c1-5-14-17(18)15(20(6-2)19-14)10-16(21)13-8-7-11(3)9-12(13)4/h7-9H,5-6,10H2,1-4H3. The molecule has 0 aliphatic heterocycles. The number of Topliss-reactive ketones (excluding diaryl/α,β-unsaturated/α-hetero) is 1. The summed E-state index contributed by atoms with van der Waals surface area (Å²) in [6.45, 7) is 8.74. The second-order valence-electron chi connectivity index (χ2n) is 5.30. The van der Waals surface area contributed by atoms with Gasteiger partial charge in [0.2, 0.25) is 0 Å². The van der Waals surface area contributed by atoms with E-state index in [1.165, 1.54) is 0 Å². The molecule has 0 spiro atoms. The molecule has 0 amide bonds. The van der Waals surface area contributed by atoms with Crippen molar-refractivity contribution in [3.05, 3.63) is 51.3 Å². The SMILES string of the molecule is CCc1nn(CC)c(CC(=O)c2ccc(C)cc2C)c1Cl. The molecule has 0 unspecified atom stereocenters. The van der Waals surface area contributed by atoms with Crippen LogP contribution < -0.4 is 0 Å². The number of aromatic nitrogens is 2. The van der Waals surface area contributed by atoms with Gasteiger partial charge in [-0.1, -0.05) is 42.3 Å². The molecule has 2 aromatic rings. The van der Waals surface area contributed by atoms with Gasteiger partial charge in [-0.25, -0.2) is 0 Å². The molecule has 0 fully saturated rings. The second-order valence-corrected chi connectivity index (χ2v) is 5.67. The van der Waals surface area contributed by atoms with Crippen LogP contribution in [0.15, 0.2) is 18.2 Å². The Balaban J connectivity index is 2.33. The largest absolute Gasteiger partial charge is 0.294 e. The molecule has 0 aliphatic carbocycles. The normalized spacial score (nSPS) is 10.9. The van der Waals surface area contributed by atoms with Crippen molar-refractivity contribution >= 4 is 17.4 Å². The smallest absolute Gasteiger partial charge is 0.169 e. The van der Waals surface area contributed by atoms with E-state index in [1.807, 2.05) is 50.6 Å². The summed E-state index contributed by atoms with van der Waals surface area (Å²) in [6.07, 6.45) is 1.07. The Morgan fingerprint density at radius 1 is 1.29 bits per heavy atom. The number of hydrogen-bond acceptors (Lipinski definition) is 2. The number of nitrogens with zero attached hydrogens (tertiary/aromatic N) is 2. The summed E-state index contributed by atoms with van der Waals surface area (Å²) in [6, 6.07) is 5.90. The van der Waals surface area contributed by atoms with E-state index in [-0.39, 0.29) is 5.78 Å². The fourth-order valence-corrected chi connectivity index (χ4v) is 2.90.